The lowest BCUT2D eigenvalue weighted by Gasteiger charge is -2.35. The summed E-state index contributed by atoms with van der Waals surface area (Å²) in [6.45, 7) is 9.05. The van der Waals surface area contributed by atoms with E-state index in [0.29, 0.717) is 0 Å². The molecule has 0 rings (SSSR count). The Labute approximate surface area is 131 Å². The van der Waals surface area contributed by atoms with Gasteiger partial charge in [0.2, 0.25) is 0 Å². The SMILES string of the molecule is COC(C)C(OC(C)=O)C(OC(C)=O)C(OC(C)=O)C(C)C. The van der Waals surface area contributed by atoms with Gasteiger partial charge < -0.3 is 18.9 Å². The summed E-state index contributed by atoms with van der Waals surface area (Å²) in [5, 5.41) is 0. The van der Waals surface area contributed by atoms with Crippen LogP contribution in [-0.4, -0.2) is 49.4 Å². The Kier molecular flexibility index (Phi) is 8.70. The first-order valence-corrected chi connectivity index (χ1v) is 7.14. The number of esters is 3. The van der Waals surface area contributed by atoms with Crippen LogP contribution < -0.4 is 0 Å². The monoisotopic (exact) mass is 318 g/mol. The van der Waals surface area contributed by atoms with Gasteiger partial charge in [0, 0.05) is 27.9 Å². The van der Waals surface area contributed by atoms with Crippen LogP contribution >= 0.6 is 0 Å². The molecule has 0 spiro atoms. The number of carbonyl (C=O) groups is 3. The van der Waals surface area contributed by atoms with Crippen molar-refractivity contribution >= 4 is 17.9 Å². The van der Waals surface area contributed by atoms with Crippen molar-refractivity contribution in [2.45, 2.75) is 66.0 Å². The Morgan fingerprint density at radius 3 is 1.36 bits per heavy atom. The fraction of sp³-hybridized carbons (Fsp3) is 0.800. The third kappa shape index (κ3) is 6.89. The molecule has 0 saturated heterocycles. The second-order valence-electron chi connectivity index (χ2n) is 5.41. The molecule has 0 amide bonds. The van der Waals surface area contributed by atoms with Gasteiger partial charge in [-0.1, -0.05) is 13.8 Å². The van der Waals surface area contributed by atoms with Gasteiger partial charge in [-0.05, 0) is 12.8 Å². The number of carbonyl (C=O) groups excluding carboxylic acids is 3. The minimum atomic E-state index is -0.958. The Morgan fingerprint density at radius 2 is 1.05 bits per heavy atom. The first-order valence-electron chi connectivity index (χ1n) is 7.14. The fourth-order valence-electron chi connectivity index (χ4n) is 2.04. The van der Waals surface area contributed by atoms with Crippen molar-refractivity contribution in [3.63, 3.8) is 0 Å². The molecule has 4 atom stereocenters. The average Bonchev–Trinajstić information content (AvgIpc) is 2.38. The van der Waals surface area contributed by atoms with Crippen molar-refractivity contribution in [2.24, 2.45) is 5.92 Å². The summed E-state index contributed by atoms with van der Waals surface area (Å²) in [6, 6.07) is 0. The number of ether oxygens (including phenoxy) is 4. The standard InChI is InChI=1S/C15H26O7/c1-8(2)13(20-10(4)16)15(22-12(6)18)14(9(3)19-7)21-11(5)17/h8-9,13-15H,1-7H3. The highest BCUT2D eigenvalue weighted by Gasteiger charge is 2.41. The molecule has 0 heterocycles. The number of rotatable bonds is 8. The molecule has 4 unspecified atom stereocenters. The number of hydrogen-bond acceptors (Lipinski definition) is 7. The maximum Gasteiger partial charge on any atom is 0.303 e. The zero-order valence-corrected chi connectivity index (χ0v) is 14.2. The lowest BCUT2D eigenvalue weighted by Crippen LogP contribution is -2.51. The van der Waals surface area contributed by atoms with Gasteiger partial charge in [-0.25, -0.2) is 0 Å². The smallest absolute Gasteiger partial charge is 0.303 e. The van der Waals surface area contributed by atoms with Crippen LogP contribution in [0, 0.1) is 5.92 Å². The molecule has 0 radical (unpaired) electrons. The third-order valence-corrected chi connectivity index (χ3v) is 3.05. The largest absolute Gasteiger partial charge is 0.458 e. The van der Waals surface area contributed by atoms with Gasteiger partial charge in [-0.15, -0.1) is 0 Å². The quantitative estimate of drug-likeness (QED) is 0.494. The van der Waals surface area contributed by atoms with Crippen molar-refractivity contribution in [2.75, 3.05) is 7.11 Å². The molecule has 128 valence electrons. The van der Waals surface area contributed by atoms with Crippen LogP contribution in [0.3, 0.4) is 0 Å². The van der Waals surface area contributed by atoms with E-state index in [9.17, 15) is 14.4 Å². The first kappa shape index (κ1) is 20.4. The molecular weight excluding hydrogens is 292 g/mol. The summed E-state index contributed by atoms with van der Waals surface area (Å²) < 4.78 is 21.0. The molecule has 0 saturated carbocycles. The molecule has 0 fully saturated rings. The molecule has 0 aliphatic carbocycles. The van der Waals surface area contributed by atoms with E-state index in [1.807, 2.05) is 13.8 Å². The van der Waals surface area contributed by atoms with Crippen LogP contribution in [0.2, 0.25) is 0 Å². The Bertz CT molecular complexity index is 391. The normalized spacial score (nSPS) is 16.4. The summed E-state index contributed by atoms with van der Waals surface area (Å²) >= 11 is 0. The van der Waals surface area contributed by atoms with Gasteiger partial charge in [-0.3, -0.25) is 14.4 Å². The highest BCUT2D eigenvalue weighted by molar-refractivity contribution is 5.68. The molecule has 7 nitrogen and oxygen atoms in total. The molecule has 0 aliphatic heterocycles. The molecule has 0 aromatic rings. The first-order chi connectivity index (χ1) is 10.1. The van der Waals surface area contributed by atoms with E-state index in [4.69, 9.17) is 18.9 Å². The van der Waals surface area contributed by atoms with E-state index in [0.717, 1.165) is 0 Å². The van der Waals surface area contributed by atoms with Gasteiger partial charge in [0.05, 0.1) is 6.10 Å². The number of hydrogen-bond donors (Lipinski definition) is 0. The summed E-state index contributed by atoms with van der Waals surface area (Å²) in [4.78, 5) is 34.1. The maximum atomic E-state index is 11.4. The Morgan fingerprint density at radius 1 is 0.682 bits per heavy atom. The molecule has 22 heavy (non-hydrogen) atoms. The second kappa shape index (κ2) is 9.40. The van der Waals surface area contributed by atoms with Crippen LogP contribution in [0.1, 0.15) is 41.5 Å². The zero-order chi connectivity index (χ0) is 17.4. The number of methoxy groups -OCH3 is 1. The van der Waals surface area contributed by atoms with Crippen LogP contribution in [0.25, 0.3) is 0 Å². The van der Waals surface area contributed by atoms with E-state index in [1.165, 1.54) is 27.9 Å². The van der Waals surface area contributed by atoms with E-state index in [-0.39, 0.29) is 5.92 Å². The van der Waals surface area contributed by atoms with Crippen LogP contribution in [0.5, 0.6) is 0 Å². The van der Waals surface area contributed by atoms with Gasteiger partial charge in [-0.2, -0.15) is 0 Å². The molecule has 0 aromatic heterocycles. The summed E-state index contributed by atoms with van der Waals surface area (Å²) in [7, 11) is 1.45. The Balaban J connectivity index is 5.61. The summed E-state index contributed by atoms with van der Waals surface area (Å²) in [6.07, 6.45) is -3.16. The molecule has 0 bridgehead atoms. The minimum Gasteiger partial charge on any atom is -0.458 e. The second-order valence-corrected chi connectivity index (χ2v) is 5.41. The lowest BCUT2D eigenvalue weighted by molar-refractivity contribution is -0.197. The van der Waals surface area contributed by atoms with Gasteiger partial charge in [0.1, 0.15) is 6.10 Å². The highest BCUT2D eigenvalue weighted by atomic mass is 16.6. The van der Waals surface area contributed by atoms with E-state index >= 15 is 0 Å². The van der Waals surface area contributed by atoms with Crippen molar-refractivity contribution in [1.29, 1.82) is 0 Å². The van der Waals surface area contributed by atoms with Crippen LogP contribution in [-0.2, 0) is 33.3 Å². The van der Waals surface area contributed by atoms with Gasteiger partial charge in [0.25, 0.3) is 0 Å². The van der Waals surface area contributed by atoms with Crippen LogP contribution in [0.4, 0.5) is 0 Å². The minimum absolute atomic E-state index is 0.157. The van der Waals surface area contributed by atoms with Crippen LogP contribution in [0.15, 0.2) is 0 Å². The van der Waals surface area contributed by atoms with E-state index in [2.05, 4.69) is 0 Å². The van der Waals surface area contributed by atoms with Gasteiger partial charge in [0.15, 0.2) is 12.2 Å². The topological polar surface area (TPSA) is 88.1 Å². The lowest BCUT2D eigenvalue weighted by atomic mass is 9.94. The zero-order valence-electron chi connectivity index (χ0n) is 14.2. The fourth-order valence-corrected chi connectivity index (χ4v) is 2.04. The summed E-state index contributed by atoms with van der Waals surface area (Å²) in [5.74, 6) is -1.78. The van der Waals surface area contributed by atoms with E-state index < -0.39 is 42.3 Å². The predicted molar refractivity (Wildman–Crippen MR) is 78.0 cm³/mol. The molecule has 0 aromatic carbocycles. The van der Waals surface area contributed by atoms with Crippen molar-refractivity contribution in [3.05, 3.63) is 0 Å². The van der Waals surface area contributed by atoms with Gasteiger partial charge >= 0.3 is 17.9 Å². The molecule has 0 N–H and O–H groups in total. The van der Waals surface area contributed by atoms with Crippen molar-refractivity contribution in [3.8, 4) is 0 Å². The third-order valence-electron chi connectivity index (χ3n) is 3.05. The molecular formula is C15H26O7. The summed E-state index contributed by atoms with van der Waals surface area (Å²) in [5.41, 5.74) is 0. The van der Waals surface area contributed by atoms with E-state index in [1.54, 1.807) is 6.92 Å². The Hall–Kier alpha value is -1.63. The highest BCUT2D eigenvalue weighted by Crippen LogP contribution is 2.23. The maximum absolute atomic E-state index is 11.4. The predicted octanol–water partition coefficient (Wildman–Crippen LogP) is 1.47. The van der Waals surface area contributed by atoms with Crippen molar-refractivity contribution in [1.82, 2.24) is 0 Å². The van der Waals surface area contributed by atoms with Crippen molar-refractivity contribution < 1.29 is 33.3 Å². The average molecular weight is 318 g/mol. The molecule has 0 aliphatic rings. The molecule has 7 heteroatoms.